The summed E-state index contributed by atoms with van der Waals surface area (Å²) in [6.45, 7) is 0.835. The van der Waals surface area contributed by atoms with Crippen LogP contribution in [-0.4, -0.2) is 24.4 Å². The van der Waals surface area contributed by atoms with Crippen molar-refractivity contribution in [1.82, 2.24) is 4.98 Å². The standard InChI is InChI=1S/C15H18N4/c1-19(11-9-12-6-3-2-4-7-12)15-13(14(16)17)8-5-10-18-15/h2-8,10H,9,11H2,1H3,(H3,16,17). The van der Waals surface area contributed by atoms with Gasteiger partial charge in [0.15, 0.2) is 0 Å². The Bertz CT molecular complexity index is 551. The number of nitrogen functional groups attached to an aromatic ring is 1. The first-order valence-electron chi connectivity index (χ1n) is 6.23. The van der Waals surface area contributed by atoms with E-state index in [4.69, 9.17) is 11.1 Å². The molecule has 0 aliphatic heterocycles. The van der Waals surface area contributed by atoms with Crippen LogP contribution in [0.3, 0.4) is 0 Å². The Balaban J connectivity index is 2.08. The van der Waals surface area contributed by atoms with E-state index < -0.39 is 0 Å². The molecule has 0 spiro atoms. The number of hydrogen-bond acceptors (Lipinski definition) is 3. The van der Waals surface area contributed by atoms with Gasteiger partial charge < -0.3 is 10.6 Å². The molecule has 4 heteroatoms. The van der Waals surface area contributed by atoms with Gasteiger partial charge in [-0.3, -0.25) is 5.41 Å². The van der Waals surface area contributed by atoms with E-state index in [0.29, 0.717) is 5.56 Å². The minimum Gasteiger partial charge on any atom is -0.384 e. The molecule has 0 atom stereocenters. The van der Waals surface area contributed by atoms with Crippen molar-refractivity contribution in [3.63, 3.8) is 0 Å². The Morgan fingerprint density at radius 2 is 1.95 bits per heavy atom. The second kappa shape index (κ2) is 6.00. The van der Waals surface area contributed by atoms with Crippen LogP contribution in [0.4, 0.5) is 5.82 Å². The number of rotatable bonds is 5. The van der Waals surface area contributed by atoms with E-state index in [9.17, 15) is 0 Å². The SMILES string of the molecule is CN(CCc1ccccc1)c1ncccc1C(=N)N. The average Bonchev–Trinajstić information content (AvgIpc) is 2.46. The molecule has 0 fully saturated rings. The van der Waals surface area contributed by atoms with Gasteiger partial charge in [0, 0.05) is 19.8 Å². The average molecular weight is 254 g/mol. The van der Waals surface area contributed by atoms with Crippen LogP contribution in [0, 0.1) is 5.41 Å². The first-order valence-corrected chi connectivity index (χ1v) is 6.23. The molecule has 0 amide bonds. The summed E-state index contributed by atoms with van der Waals surface area (Å²) in [6, 6.07) is 13.9. The summed E-state index contributed by atoms with van der Waals surface area (Å²) >= 11 is 0. The zero-order valence-electron chi connectivity index (χ0n) is 11.0. The molecule has 19 heavy (non-hydrogen) atoms. The highest BCUT2D eigenvalue weighted by molar-refractivity contribution is 5.99. The summed E-state index contributed by atoms with van der Waals surface area (Å²) in [4.78, 5) is 6.35. The number of pyridine rings is 1. The maximum absolute atomic E-state index is 7.58. The highest BCUT2D eigenvalue weighted by Gasteiger charge is 2.10. The zero-order valence-corrected chi connectivity index (χ0v) is 11.0. The van der Waals surface area contributed by atoms with Crippen molar-refractivity contribution in [3.05, 3.63) is 59.8 Å². The number of nitrogens with zero attached hydrogens (tertiary/aromatic N) is 2. The van der Waals surface area contributed by atoms with Gasteiger partial charge in [0.05, 0.1) is 5.56 Å². The third-order valence-corrected chi connectivity index (χ3v) is 3.02. The van der Waals surface area contributed by atoms with E-state index in [1.807, 2.05) is 36.2 Å². The van der Waals surface area contributed by atoms with Crippen LogP contribution in [-0.2, 0) is 6.42 Å². The lowest BCUT2D eigenvalue weighted by Gasteiger charge is -2.20. The van der Waals surface area contributed by atoms with Crippen LogP contribution >= 0.6 is 0 Å². The van der Waals surface area contributed by atoms with Gasteiger partial charge in [0.1, 0.15) is 11.7 Å². The second-order valence-electron chi connectivity index (χ2n) is 4.45. The van der Waals surface area contributed by atoms with Crippen molar-refractivity contribution in [2.75, 3.05) is 18.5 Å². The molecule has 0 aliphatic rings. The van der Waals surface area contributed by atoms with E-state index in [0.717, 1.165) is 18.8 Å². The Morgan fingerprint density at radius 3 is 2.63 bits per heavy atom. The Hall–Kier alpha value is -2.36. The van der Waals surface area contributed by atoms with E-state index in [1.165, 1.54) is 5.56 Å². The van der Waals surface area contributed by atoms with Crippen LogP contribution in [0.15, 0.2) is 48.7 Å². The van der Waals surface area contributed by atoms with E-state index in [2.05, 4.69) is 17.1 Å². The molecule has 0 radical (unpaired) electrons. The van der Waals surface area contributed by atoms with Crippen LogP contribution in [0.25, 0.3) is 0 Å². The molecule has 0 saturated heterocycles. The van der Waals surface area contributed by atoms with Crippen molar-refractivity contribution < 1.29 is 0 Å². The smallest absolute Gasteiger partial charge is 0.139 e. The third-order valence-electron chi connectivity index (χ3n) is 3.02. The number of anilines is 1. The number of aromatic nitrogens is 1. The Morgan fingerprint density at radius 1 is 1.21 bits per heavy atom. The molecule has 0 saturated carbocycles. The first-order chi connectivity index (χ1) is 9.18. The lowest BCUT2D eigenvalue weighted by atomic mass is 10.1. The molecule has 3 N–H and O–H groups in total. The lowest BCUT2D eigenvalue weighted by Crippen LogP contribution is -2.25. The van der Waals surface area contributed by atoms with Crippen LogP contribution < -0.4 is 10.6 Å². The fraction of sp³-hybridized carbons (Fsp3) is 0.200. The van der Waals surface area contributed by atoms with E-state index >= 15 is 0 Å². The number of nitrogens with two attached hydrogens (primary N) is 1. The topological polar surface area (TPSA) is 66.0 Å². The molecule has 4 nitrogen and oxygen atoms in total. The number of amidine groups is 1. The second-order valence-corrected chi connectivity index (χ2v) is 4.45. The molecule has 0 unspecified atom stereocenters. The van der Waals surface area contributed by atoms with Gasteiger partial charge in [0.25, 0.3) is 0 Å². The Kier molecular flexibility index (Phi) is 4.13. The number of hydrogen-bond donors (Lipinski definition) is 2. The summed E-state index contributed by atoms with van der Waals surface area (Å²) < 4.78 is 0. The van der Waals surface area contributed by atoms with Crippen LogP contribution in [0.2, 0.25) is 0 Å². The number of benzene rings is 1. The van der Waals surface area contributed by atoms with Crippen molar-refractivity contribution in [3.8, 4) is 0 Å². The molecule has 2 rings (SSSR count). The van der Waals surface area contributed by atoms with Gasteiger partial charge in [-0.25, -0.2) is 4.98 Å². The molecule has 2 aromatic rings. The van der Waals surface area contributed by atoms with Gasteiger partial charge in [0.2, 0.25) is 0 Å². The van der Waals surface area contributed by atoms with Crippen molar-refractivity contribution in [2.24, 2.45) is 5.73 Å². The highest BCUT2D eigenvalue weighted by atomic mass is 15.2. The highest BCUT2D eigenvalue weighted by Crippen LogP contribution is 2.15. The predicted molar refractivity (Wildman–Crippen MR) is 78.7 cm³/mol. The van der Waals surface area contributed by atoms with Crippen molar-refractivity contribution in [1.29, 1.82) is 5.41 Å². The first kappa shape index (κ1) is 13.1. The summed E-state index contributed by atoms with van der Waals surface area (Å²) in [5, 5.41) is 7.58. The van der Waals surface area contributed by atoms with Crippen LogP contribution in [0.5, 0.6) is 0 Å². The van der Waals surface area contributed by atoms with Gasteiger partial charge in [-0.05, 0) is 24.1 Å². The molecular formula is C15H18N4. The fourth-order valence-electron chi connectivity index (χ4n) is 1.96. The molecule has 1 aromatic heterocycles. The molecule has 1 heterocycles. The van der Waals surface area contributed by atoms with E-state index in [-0.39, 0.29) is 5.84 Å². The van der Waals surface area contributed by atoms with Crippen molar-refractivity contribution >= 4 is 11.7 Å². The molecular weight excluding hydrogens is 236 g/mol. The largest absolute Gasteiger partial charge is 0.384 e. The molecule has 0 aliphatic carbocycles. The minimum absolute atomic E-state index is 0.0506. The molecule has 1 aromatic carbocycles. The minimum atomic E-state index is 0.0506. The molecule has 0 bridgehead atoms. The van der Waals surface area contributed by atoms with E-state index in [1.54, 1.807) is 12.3 Å². The lowest BCUT2D eigenvalue weighted by molar-refractivity contribution is 0.858. The monoisotopic (exact) mass is 254 g/mol. The summed E-state index contributed by atoms with van der Waals surface area (Å²) in [5.74, 6) is 0.806. The summed E-state index contributed by atoms with van der Waals surface area (Å²) in [5.41, 5.74) is 7.54. The van der Waals surface area contributed by atoms with Crippen molar-refractivity contribution in [2.45, 2.75) is 6.42 Å². The van der Waals surface area contributed by atoms with Gasteiger partial charge in [-0.15, -0.1) is 0 Å². The number of nitrogens with one attached hydrogen (secondary N) is 1. The third kappa shape index (κ3) is 3.31. The van der Waals surface area contributed by atoms with Gasteiger partial charge >= 0.3 is 0 Å². The zero-order chi connectivity index (χ0) is 13.7. The molecule has 98 valence electrons. The predicted octanol–water partition coefficient (Wildman–Crippen LogP) is 2.04. The van der Waals surface area contributed by atoms with Crippen LogP contribution in [0.1, 0.15) is 11.1 Å². The normalized spacial score (nSPS) is 10.2. The number of likely N-dealkylation sites (N-methyl/N-ethyl adjacent to an activating group) is 1. The van der Waals surface area contributed by atoms with Gasteiger partial charge in [-0.1, -0.05) is 30.3 Å². The summed E-state index contributed by atoms with van der Waals surface area (Å²) in [6.07, 6.45) is 2.66. The maximum atomic E-state index is 7.58. The summed E-state index contributed by atoms with van der Waals surface area (Å²) in [7, 11) is 1.97. The quantitative estimate of drug-likeness (QED) is 0.634. The Labute approximate surface area is 113 Å². The van der Waals surface area contributed by atoms with Gasteiger partial charge in [-0.2, -0.15) is 0 Å². The maximum Gasteiger partial charge on any atom is 0.139 e. The fourth-order valence-corrected chi connectivity index (χ4v) is 1.96.